The van der Waals surface area contributed by atoms with Crippen molar-refractivity contribution in [2.75, 3.05) is 33.4 Å². The third-order valence-electron chi connectivity index (χ3n) is 5.78. The van der Waals surface area contributed by atoms with Crippen LogP contribution in [0.5, 0.6) is 5.88 Å². The molecule has 1 saturated heterocycles. The lowest BCUT2D eigenvalue weighted by Gasteiger charge is -2.27. The highest BCUT2D eigenvalue weighted by Crippen LogP contribution is 2.31. The van der Waals surface area contributed by atoms with Crippen molar-refractivity contribution >= 4 is 5.96 Å². The van der Waals surface area contributed by atoms with E-state index < -0.39 is 0 Å². The Morgan fingerprint density at radius 3 is 2.82 bits per heavy atom. The molecule has 156 valence electrons. The zero-order chi connectivity index (χ0) is 19.7. The number of aliphatic hydroxyl groups excluding tert-OH is 1. The summed E-state index contributed by atoms with van der Waals surface area (Å²) in [7, 11) is 1.76. The van der Waals surface area contributed by atoms with Crippen LogP contribution >= 0.6 is 0 Å². The summed E-state index contributed by atoms with van der Waals surface area (Å²) in [5.41, 5.74) is 1.07. The molecule has 0 amide bonds. The maximum atomic E-state index is 9.35. The first kappa shape index (κ1) is 20.9. The van der Waals surface area contributed by atoms with Crippen molar-refractivity contribution in [3.8, 4) is 5.88 Å². The second kappa shape index (κ2) is 10.6. The molecule has 2 aliphatic rings. The molecule has 0 spiro atoms. The van der Waals surface area contributed by atoms with E-state index >= 15 is 0 Å². The molecule has 3 N–H and O–H groups in total. The molecular formula is C21H34N4O3. The summed E-state index contributed by atoms with van der Waals surface area (Å²) in [6.07, 6.45) is 9.98. The van der Waals surface area contributed by atoms with Gasteiger partial charge in [0.05, 0.1) is 6.61 Å². The van der Waals surface area contributed by atoms with Gasteiger partial charge in [0.15, 0.2) is 5.96 Å². The average molecular weight is 391 g/mol. The molecule has 0 aromatic carbocycles. The van der Waals surface area contributed by atoms with Gasteiger partial charge in [-0.1, -0.05) is 12.5 Å². The van der Waals surface area contributed by atoms with E-state index in [9.17, 15) is 5.11 Å². The molecule has 7 nitrogen and oxygen atoms in total. The first-order valence-electron chi connectivity index (χ1n) is 10.5. The van der Waals surface area contributed by atoms with Crippen LogP contribution in [-0.2, 0) is 11.3 Å². The van der Waals surface area contributed by atoms with Crippen molar-refractivity contribution in [3.05, 3.63) is 23.9 Å². The van der Waals surface area contributed by atoms with E-state index in [1.807, 2.05) is 18.3 Å². The highest BCUT2D eigenvalue weighted by molar-refractivity contribution is 5.79. The molecule has 1 aromatic heterocycles. The van der Waals surface area contributed by atoms with Gasteiger partial charge in [0.2, 0.25) is 5.88 Å². The number of aliphatic imine (C=N–C) groups is 1. The third kappa shape index (κ3) is 6.07. The maximum Gasteiger partial charge on any atom is 0.213 e. The van der Waals surface area contributed by atoms with Crippen LogP contribution in [0.2, 0.25) is 0 Å². The number of aliphatic hydroxyl groups is 1. The molecule has 28 heavy (non-hydrogen) atoms. The molecule has 1 aliphatic carbocycles. The number of rotatable bonds is 8. The van der Waals surface area contributed by atoms with E-state index in [4.69, 9.17) is 9.47 Å². The fourth-order valence-electron chi connectivity index (χ4n) is 3.93. The fraction of sp³-hybridized carbons (Fsp3) is 0.714. The van der Waals surface area contributed by atoms with Crippen molar-refractivity contribution in [2.24, 2.45) is 10.4 Å². The predicted molar refractivity (Wildman–Crippen MR) is 110 cm³/mol. The van der Waals surface area contributed by atoms with E-state index in [0.717, 1.165) is 50.4 Å². The van der Waals surface area contributed by atoms with Crippen LogP contribution in [-0.4, -0.2) is 55.6 Å². The summed E-state index contributed by atoms with van der Waals surface area (Å²) in [6.45, 7) is 3.00. The number of guanidine groups is 1. The number of pyridine rings is 1. The lowest BCUT2D eigenvalue weighted by molar-refractivity contribution is 0.127. The summed E-state index contributed by atoms with van der Waals surface area (Å²) < 4.78 is 11.5. The third-order valence-corrected chi connectivity index (χ3v) is 5.78. The molecule has 1 unspecified atom stereocenters. The normalized spacial score (nSPS) is 23.6. The lowest BCUT2D eigenvalue weighted by Crippen LogP contribution is -2.44. The van der Waals surface area contributed by atoms with Gasteiger partial charge in [-0.3, -0.25) is 4.99 Å². The van der Waals surface area contributed by atoms with Crippen LogP contribution in [0.4, 0.5) is 0 Å². The Labute approximate surface area is 167 Å². The summed E-state index contributed by atoms with van der Waals surface area (Å²) in [5.74, 6) is 1.46. The number of nitrogens with zero attached hydrogens (tertiary/aromatic N) is 2. The Hall–Kier alpha value is -1.86. The Morgan fingerprint density at radius 2 is 2.18 bits per heavy atom. The van der Waals surface area contributed by atoms with Gasteiger partial charge in [0, 0.05) is 51.0 Å². The fourth-order valence-corrected chi connectivity index (χ4v) is 3.93. The first-order chi connectivity index (χ1) is 13.7. The van der Waals surface area contributed by atoms with E-state index in [0.29, 0.717) is 25.1 Å². The summed E-state index contributed by atoms with van der Waals surface area (Å²) >= 11 is 0. The molecule has 2 heterocycles. The van der Waals surface area contributed by atoms with Gasteiger partial charge in [-0.25, -0.2) is 4.98 Å². The van der Waals surface area contributed by atoms with Crippen LogP contribution < -0.4 is 15.4 Å². The van der Waals surface area contributed by atoms with Crippen LogP contribution in [0.25, 0.3) is 0 Å². The molecule has 0 radical (unpaired) electrons. The Kier molecular flexibility index (Phi) is 7.91. The number of nitrogens with one attached hydrogen (secondary N) is 2. The van der Waals surface area contributed by atoms with Crippen molar-refractivity contribution in [1.29, 1.82) is 0 Å². The van der Waals surface area contributed by atoms with Crippen molar-refractivity contribution in [1.82, 2.24) is 15.6 Å². The molecule has 1 saturated carbocycles. The zero-order valence-corrected chi connectivity index (χ0v) is 17.0. The predicted octanol–water partition coefficient (Wildman–Crippen LogP) is 2.25. The van der Waals surface area contributed by atoms with Crippen LogP contribution in [0.1, 0.15) is 50.5 Å². The van der Waals surface area contributed by atoms with Gasteiger partial charge in [0.25, 0.3) is 0 Å². The van der Waals surface area contributed by atoms with Gasteiger partial charge in [-0.2, -0.15) is 0 Å². The molecule has 1 aromatic rings. The van der Waals surface area contributed by atoms with Crippen LogP contribution in [0.15, 0.2) is 23.3 Å². The van der Waals surface area contributed by atoms with Gasteiger partial charge >= 0.3 is 0 Å². The smallest absolute Gasteiger partial charge is 0.213 e. The minimum atomic E-state index is -0.00791. The standard InChI is InChI=1S/C21H34N4O3/c1-22-20(25-15-21(9-11-26)10-12-27-16-21)24-14-17-7-8-19(23-13-17)28-18-5-3-2-4-6-18/h7-8,13,18,26H,2-6,9-12,14-16H2,1H3,(H2,22,24,25). The quantitative estimate of drug-likeness (QED) is 0.466. The highest BCUT2D eigenvalue weighted by atomic mass is 16.5. The minimum Gasteiger partial charge on any atom is -0.474 e. The van der Waals surface area contributed by atoms with Crippen LogP contribution in [0, 0.1) is 5.41 Å². The lowest BCUT2D eigenvalue weighted by atomic mass is 9.84. The SMILES string of the molecule is CN=C(NCc1ccc(OC2CCCCC2)nc1)NCC1(CCO)CCOC1. The first-order valence-corrected chi connectivity index (χ1v) is 10.5. The van der Waals surface area contributed by atoms with Crippen molar-refractivity contribution in [2.45, 2.75) is 57.6 Å². The van der Waals surface area contributed by atoms with Gasteiger partial charge < -0.3 is 25.2 Å². The molecule has 3 rings (SSSR count). The largest absolute Gasteiger partial charge is 0.474 e. The molecule has 0 bridgehead atoms. The molecule has 1 aliphatic heterocycles. The Balaban J connectivity index is 1.44. The van der Waals surface area contributed by atoms with E-state index in [2.05, 4.69) is 20.6 Å². The zero-order valence-electron chi connectivity index (χ0n) is 17.0. The maximum absolute atomic E-state index is 9.35. The van der Waals surface area contributed by atoms with Crippen molar-refractivity contribution in [3.63, 3.8) is 0 Å². The second-order valence-electron chi connectivity index (χ2n) is 7.94. The average Bonchev–Trinajstić information content (AvgIpc) is 3.19. The van der Waals surface area contributed by atoms with E-state index in [-0.39, 0.29) is 12.0 Å². The van der Waals surface area contributed by atoms with E-state index in [1.165, 1.54) is 19.3 Å². The topological polar surface area (TPSA) is 88.0 Å². The van der Waals surface area contributed by atoms with Gasteiger partial charge in [-0.15, -0.1) is 0 Å². The monoisotopic (exact) mass is 390 g/mol. The molecule has 7 heteroatoms. The summed E-state index contributed by atoms with van der Waals surface area (Å²) in [4.78, 5) is 8.75. The molecule has 1 atom stereocenters. The number of ether oxygens (including phenoxy) is 2. The minimum absolute atomic E-state index is 0.00791. The Morgan fingerprint density at radius 1 is 1.32 bits per heavy atom. The highest BCUT2D eigenvalue weighted by Gasteiger charge is 2.34. The second-order valence-corrected chi connectivity index (χ2v) is 7.94. The number of aromatic nitrogens is 1. The molecule has 2 fully saturated rings. The Bertz CT molecular complexity index is 609. The molecular weight excluding hydrogens is 356 g/mol. The summed E-state index contributed by atoms with van der Waals surface area (Å²) in [6, 6.07) is 4.00. The van der Waals surface area contributed by atoms with Gasteiger partial charge in [-0.05, 0) is 44.1 Å². The summed E-state index contributed by atoms with van der Waals surface area (Å²) in [5, 5.41) is 16.0. The van der Waals surface area contributed by atoms with Crippen molar-refractivity contribution < 1.29 is 14.6 Å². The number of hydrogen-bond donors (Lipinski definition) is 3. The van der Waals surface area contributed by atoms with Crippen LogP contribution in [0.3, 0.4) is 0 Å². The van der Waals surface area contributed by atoms with Gasteiger partial charge in [0.1, 0.15) is 6.10 Å². The van der Waals surface area contributed by atoms with E-state index in [1.54, 1.807) is 7.05 Å². The number of hydrogen-bond acceptors (Lipinski definition) is 5.